The maximum Gasteiger partial charge on any atom is 0.193 e. The zero-order valence-corrected chi connectivity index (χ0v) is 16.9. The third kappa shape index (κ3) is 4.08. The first-order chi connectivity index (χ1) is 13.0. The van der Waals surface area contributed by atoms with E-state index < -0.39 is 0 Å². The Bertz CT molecular complexity index is 867. The van der Waals surface area contributed by atoms with Crippen LogP contribution in [0.4, 0.5) is 0 Å². The number of aryl methyl sites for hydroxylation is 1. The lowest BCUT2D eigenvalue weighted by atomic mass is 10.1. The van der Waals surface area contributed by atoms with Gasteiger partial charge in [0.15, 0.2) is 11.8 Å². The Hall–Kier alpha value is -1.75. The van der Waals surface area contributed by atoms with Gasteiger partial charge in [-0.1, -0.05) is 53.0 Å². The van der Waals surface area contributed by atoms with Gasteiger partial charge in [-0.3, -0.25) is 0 Å². The second-order valence-corrected chi connectivity index (χ2v) is 7.78. The van der Waals surface area contributed by atoms with E-state index in [1.807, 2.05) is 37.3 Å². The van der Waals surface area contributed by atoms with Gasteiger partial charge in [0.05, 0.1) is 16.5 Å². The molecule has 7 heteroatoms. The standard InChI is InChI=1S/C20H17Cl3N2O2/c1-11-2-3-12(6-15(11)22)17-9-26-19(24-17)8-20-25-18(10-27-20)13-4-5-14(21)16(23)7-13/h2-7,17-18H,8-10H2,1H3/t17-,18-/m1/s1. The van der Waals surface area contributed by atoms with Gasteiger partial charge in [-0.15, -0.1) is 0 Å². The minimum Gasteiger partial charge on any atom is -0.478 e. The predicted molar refractivity (Wildman–Crippen MR) is 110 cm³/mol. The van der Waals surface area contributed by atoms with Crippen molar-refractivity contribution in [3.8, 4) is 0 Å². The molecule has 0 saturated heterocycles. The summed E-state index contributed by atoms with van der Waals surface area (Å²) in [5, 5.41) is 1.78. The largest absolute Gasteiger partial charge is 0.478 e. The molecular formula is C20H17Cl3N2O2. The van der Waals surface area contributed by atoms with E-state index in [4.69, 9.17) is 44.3 Å². The van der Waals surface area contributed by atoms with Crippen LogP contribution in [0.5, 0.6) is 0 Å². The predicted octanol–water partition coefficient (Wildman–Crippen LogP) is 5.99. The molecule has 0 unspecified atom stereocenters. The van der Waals surface area contributed by atoms with Crippen LogP contribution >= 0.6 is 34.8 Å². The fraction of sp³-hybridized carbons (Fsp3) is 0.300. The molecule has 0 amide bonds. The van der Waals surface area contributed by atoms with Crippen molar-refractivity contribution < 1.29 is 9.47 Å². The normalized spacial score (nSPS) is 21.5. The highest BCUT2D eigenvalue weighted by Gasteiger charge is 2.26. The zero-order chi connectivity index (χ0) is 19.0. The quantitative estimate of drug-likeness (QED) is 0.606. The summed E-state index contributed by atoms with van der Waals surface area (Å²) in [5.41, 5.74) is 3.06. The molecule has 0 fully saturated rings. The van der Waals surface area contributed by atoms with Crippen LogP contribution in [0, 0.1) is 6.92 Å². The molecule has 0 radical (unpaired) electrons. The molecule has 0 bridgehead atoms. The Labute approximate surface area is 172 Å². The first kappa shape index (κ1) is 18.6. The number of ether oxygens (including phenoxy) is 2. The molecule has 27 heavy (non-hydrogen) atoms. The Morgan fingerprint density at radius 3 is 1.93 bits per heavy atom. The van der Waals surface area contributed by atoms with E-state index in [1.54, 1.807) is 6.07 Å². The highest BCUT2D eigenvalue weighted by molar-refractivity contribution is 6.42. The molecule has 0 saturated carbocycles. The monoisotopic (exact) mass is 422 g/mol. The molecular weight excluding hydrogens is 407 g/mol. The fourth-order valence-corrected chi connectivity index (χ4v) is 3.54. The van der Waals surface area contributed by atoms with Crippen LogP contribution in [0.1, 0.15) is 35.2 Å². The van der Waals surface area contributed by atoms with Gasteiger partial charge in [-0.2, -0.15) is 0 Å². The van der Waals surface area contributed by atoms with Gasteiger partial charge < -0.3 is 9.47 Å². The molecule has 2 aromatic carbocycles. The van der Waals surface area contributed by atoms with Gasteiger partial charge in [0.2, 0.25) is 0 Å². The van der Waals surface area contributed by atoms with Gasteiger partial charge >= 0.3 is 0 Å². The summed E-state index contributed by atoms with van der Waals surface area (Å²) in [6.45, 7) is 2.95. The summed E-state index contributed by atoms with van der Waals surface area (Å²) in [6, 6.07) is 11.3. The molecule has 2 heterocycles. The Morgan fingerprint density at radius 2 is 1.37 bits per heavy atom. The average Bonchev–Trinajstić information content (AvgIpc) is 3.30. The lowest BCUT2D eigenvalue weighted by Crippen LogP contribution is -2.08. The highest BCUT2D eigenvalue weighted by Crippen LogP contribution is 2.31. The van der Waals surface area contributed by atoms with Crippen LogP contribution in [0.15, 0.2) is 46.4 Å². The van der Waals surface area contributed by atoms with Crippen LogP contribution in [-0.2, 0) is 9.47 Å². The lowest BCUT2D eigenvalue weighted by Gasteiger charge is -2.07. The number of halogens is 3. The summed E-state index contributed by atoms with van der Waals surface area (Å²) in [6.07, 6.45) is 0.438. The van der Waals surface area contributed by atoms with Crippen molar-refractivity contribution in [2.75, 3.05) is 13.2 Å². The molecule has 0 N–H and O–H groups in total. The Kier molecular flexibility index (Phi) is 5.31. The fourth-order valence-electron chi connectivity index (χ4n) is 3.05. The van der Waals surface area contributed by atoms with Crippen LogP contribution in [0.2, 0.25) is 15.1 Å². The van der Waals surface area contributed by atoms with Crippen molar-refractivity contribution in [2.45, 2.75) is 25.4 Å². The van der Waals surface area contributed by atoms with E-state index in [0.717, 1.165) is 21.7 Å². The van der Waals surface area contributed by atoms with Crippen molar-refractivity contribution in [3.05, 3.63) is 68.2 Å². The first-order valence-corrected chi connectivity index (χ1v) is 9.73. The van der Waals surface area contributed by atoms with Gasteiger partial charge in [0.25, 0.3) is 0 Å². The van der Waals surface area contributed by atoms with Crippen molar-refractivity contribution in [1.82, 2.24) is 0 Å². The van der Waals surface area contributed by atoms with Crippen molar-refractivity contribution in [1.29, 1.82) is 0 Å². The number of benzene rings is 2. The van der Waals surface area contributed by atoms with Crippen LogP contribution in [0.3, 0.4) is 0 Å². The number of rotatable bonds is 4. The molecule has 2 aliphatic rings. The zero-order valence-electron chi connectivity index (χ0n) is 14.6. The number of hydrogen-bond donors (Lipinski definition) is 0. The number of hydrogen-bond acceptors (Lipinski definition) is 4. The summed E-state index contributed by atoms with van der Waals surface area (Å²) < 4.78 is 11.5. The summed E-state index contributed by atoms with van der Waals surface area (Å²) in [4.78, 5) is 9.28. The highest BCUT2D eigenvalue weighted by atomic mass is 35.5. The van der Waals surface area contributed by atoms with Gasteiger partial charge in [-0.05, 0) is 41.8 Å². The molecule has 0 aromatic heterocycles. The minimum absolute atomic E-state index is 0.0500. The maximum absolute atomic E-state index is 6.22. The van der Waals surface area contributed by atoms with Gasteiger partial charge in [0, 0.05) is 5.02 Å². The second-order valence-electron chi connectivity index (χ2n) is 6.56. The minimum atomic E-state index is -0.0940. The average molecular weight is 424 g/mol. The smallest absolute Gasteiger partial charge is 0.193 e. The second kappa shape index (κ2) is 7.70. The molecule has 0 spiro atoms. The van der Waals surface area contributed by atoms with Crippen LogP contribution in [0.25, 0.3) is 0 Å². The van der Waals surface area contributed by atoms with E-state index >= 15 is 0 Å². The Balaban J connectivity index is 1.44. The van der Waals surface area contributed by atoms with E-state index in [9.17, 15) is 0 Å². The lowest BCUT2D eigenvalue weighted by molar-refractivity contribution is 0.300. The van der Waals surface area contributed by atoms with Crippen LogP contribution in [-0.4, -0.2) is 25.0 Å². The van der Waals surface area contributed by atoms with Crippen molar-refractivity contribution >= 4 is 46.6 Å². The molecule has 4 nitrogen and oxygen atoms in total. The molecule has 0 aliphatic carbocycles. The molecule has 2 atom stereocenters. The third-order valence-corrected chi connectivity index (χ3v) is 5.77. The first-order valence-electron chi connectivity index (χ1n) is 8.59. The van der Waals surface area contributed by atoms with E-state index in [1.165, 1.54) is 0 Å². The third-order valence-electron chi connectivity index (χ3n) is 4.63. The number of aliphatic imine (C=N–C) groups is 2. The summed E-state index contributed by atoms with van der Waals surface area (Å²) >= 11 is 18.3. The van der Waals surface area contributed by atoms with Gasteiger partial charge in [-0.25, -0.2) is 9.98 Å². The van der Waals surface area contributed by atoms with E-state index in [2.05, 4.69) is 9.98 Å². The summed E-state index contributed by atoms with van der Waals surface area (Å²) in [5.74, 6) is 1.25. The SMILES string of the molecule is Cc1ccc([C@H]2COC(CC3=N[C@@H](c4ccc(Cl)c(Cl)c4)CO3)=N2)cc1Cl. The van der Waals surface area contributed by atoms with Crippen LogP contribution < -0.4 is 0 Å². The molecule has 2 aromatic rings. The van der Waals surface area contributed by atoms with E-state index in [0.29, 0.717) is 41.5 Å². The molecule has 4 rings (SSSR count). The summed E-state index contributed by atoms with van der Waals surface area (Å²) in [7, 11) is 0. The number of nitrogens with zero attached hydrogens (tertiary/aromatic N) is 2. The Morgan fingerprint density at radius 1 is 0.815 bits per heavy atom. The van der Waals surface area contributed by atoms with Gasteiger partial charge in [0.1, 0.15) is 25.3 Å². The van der Waals surface area contributed by atoms with Crippen molar-refractivity contribution in [2.24, 2.45) is 9.98 Å². The molecule has 140 valence electrons. The molecule has 2 aliphatic heterocycles. The topological polar surface area (TPSA) is 43.2 Å². The maximum atomic E-state index is 6.22. The van der Waals surface area contributed by atoms with Crippen molar-refractivity contribution in [3.63, 3.8) is 0 Å². The van der Waals surface area contributed by atoms with E-state index in [-0.39, 0.29) is 12.1 Å².